The Morgan fingerprint density at radius 3 is 2.72 bits per heavy atom. The van der Waals surface area contributed by atoms with E-state index in [2.05, 4.69) is 15.5 Å². The van der Waals surface area contributed by atoms with E-state index in [-0.39, 0.29) is 5.82 Å². The summed E-state index contributed by atoms with van der Waals surface area (Å²) < 4.78 is 15.3. The molecule has 96 valence electrons. The van der Waals surface area contributed by atoms with Gasteiger partial charge in [0.2, 0.25) is 5.95 Å². The van der Waals surface area contributed by atoms with E-state index in [4.69, 9.17) is 0 Å². The summed E-state index contributed by atoms with van der Waals surface area (Å²) in [7, 11) is 0. The molecule has 0 radical (unpaired) electrons. The fourth-order valence-corrected chi connectivity index (χ4v) is 1.93. The van der Waals surface area contributed by atoms with Crippen LogP contribution in [-0.4, -0.2) is 21.3 Å². The minimum absolute atomic E-state index is 0.258. The molecule has 2 rings (SSSR count). The average molecular weight is 248 g/mol. The third-order valence-corrected chi connectivity index (χ3v) is 2.84. The van der Waals surface area contributed by atoms with Crippen LogP contribution in [-0.2, 0) is 6.54 Å². The molecule has 1 heterocycles. The Bertz CT molecular complexity index is 548. The zero-order chi connectivity index (χ0) is 13.1. The molecule has 0 atom stereocenters. The van der Waals surface area contributed by atoms with E-state index in [1.54, 1.807) is 6.07 Å². The summed E-state index contributed by atoms with van der Waals surface area (Å²) in [6, 6.07) is 4.71. The van der Waals surface area contributed by atoms with Crippen LogP contribution in [0.25, 0.3) is 11.4 Å². The summed E-state index contributed by atoms with van der Waals surface area (Å²) in [5.41, 5.74) is 1.77. The van der Waals surface area contributed by atoms with Crippen molar-refractivity contribution in [2.75, 3.05) is 11.9 Å². The summed E-state index contributed by atoms with van der Waals surface area (Å²) in [4.78, 5) is 0. The van der Waals surface area contributed by atoms with Gasteiger partial charge in [-0.05, 0) is 38.5 Å². The Kier molecular flexibility index (Phi) is 3.60. The first kappa shape index (κ1) is 12.5. The minimum atomic E-state index is -0.258. The maximum absolute atomic E-state index is 13.4. The maximum atomic E-state index is 13.4. The van der Waals surface area contributed by atoms with Crippen molar-refractivity contribution in [1.29, 1.82) is 0 Å². The van der Waals surface area contributed by atoms with E-state index >= 15 is 0 Å². The van der Waals surface area contributed by atoms with Crippen molar-refractivity contribution in [2.24, 2.45) is 0 Å². The normalized spacial score (nSPS) is 10.7. The van der Waals surface area contributed by atoms with Crippen molar-refractivity contribution >= 4 is 5.95 Å². The molecule has 5 heteroatoms. The number of benzene rings is 1. The second-order valence-electron chi connectivity index (χ2n) is 4.08. The summed E-state index contributed by atoms with van der Waals surface area (Å²) in [6.45, 7) is 7.47. The van der Waals surface area contributed by atoms with Gasteiger partial charge in [0.15, 0.2) is 5.82 Å². The number of hydrogen-bond acceptors (Lipinski definition) is 3. The standard InChI is InChI=1S/C13H17FN4/c1-4-15-13-17-16-12(18(13)5-2)11-8-10(14)7-6-9(11)3/h6-8H,4-5H2,1-3H3,(H,15,17). The van der Waals surface area contributed by atoms with Crippen molar-refractivity contribution < 1.29 is 4.39 Å². The molecule has 0 unspecified atom stereocenters. The molecule has 4 nitrogen and oxygen atoms in total. The van der Waals surface area contributed by atoms with Gasteiger partial charge in [-0.25, -0.2) is 4.39 Å². The van der Waals surface area contributed by atoms with Gasteiger partial charge in [0.1, 0.15) is 5.82 Å². The molecule has 18 heavy (non-hydrogen) atoms. The fraction of sp³-hybridized carbons (Fsp3) is 0.385. The number of rotatable bonds is 4. The molecular formula is C13H17FN4. The zero-order valence-corrected chi connectivity index (χ0v) is 10.9. The van der Waals surface area contributed by atoms with Crippen LogP contribution in [0.2, 0.25) is 0 Å². The Balaban J connectivity index is 2.53. The molecule has 1 N–H and O–H groups in total. The third-order valence-electron chi connectivity index (χ3n) is 2.84. The number of nitrogens with one attached hydrogen (secondary N) is 1. The van der Waals surface area contributed by atoms with Gasteiger partial charge in [0.05, 0.1) is 0 Å². The number of aryl methyl sites for hydroxylation is 1. The fourth-order valence-electron chi connectivity index (χ4n) is 1.93. The molecule has 0 aliphatic heterocycles. The lowest BCUT2D eigenvalue weighted by molar-refractivity contribution is 0.627. The first-order valence-corrected chi connectivity index (χ1v) is 6.11. The minimum Gasteiger partial charge on any atom is -0.355 e. The number of halogens is 1. The van der Waals surface area contributed by atoms with E-state index < -0.39 is 0 Å². The predicted octanol–water partition coefficient (Wildman–Crippen LogP) is 2.84. The summed E-state index contributed by atoms with van der Waals surface area (Å²) in [5, 5.41) is 11.4. The van der Waals surface area contributed by atoms with Crippen LogP contribution in [0.1, 0.15) is 19.4 Å². The molecule has 2 aromatic rings. The molecule has 0 amide bonds. The highest BCUT2D eigenvalue weighted by Crippen LogP contribution is 2.24. The Hall–Kier alpha value is -1.91. The number of aromatic nitrogens is 3. The Morgan fingerprint density at radius 1 is 1.28 bits per heavy atom. The van der Waals surface area contributed by atoms with Crippen molar-refractivity contribution in [1.82, 2.24) is 14.8 Å². The SMILES string of the molecule is CCNc1nnc(-c2cc(F)ccc2C)n1CC. The van der Waals surface area contributed by atoms with Crippen LogP contribution in [0, 0.1) is 12.7 Å². The highest BCUT2D eigenvalue weighted by atomic mass is 19.1. The molecule has 0 aliphatic rings. The van der Waals surface area contributed by atoms with Crippen LogP contribution in [0.3, 0.4) is 0 Å². The van der Waals surface area contributed by atoms with Gasteiger partial charge >= 0.3 is 0 Å². The number of anilines is 1. The smallest absolute Gasteiger partial charge is 0.224 e. The zero-order valence-electron chi connectivity index (χ0n) is 10.9. The molecule has 1 aromatic carbocycles. The first-order valence-electron chi connectivity index (χ1n) is 6.11. The lowest BCUT2D eigenvalue weighted by Crippen LogP contribution is -2.07. The molecule has 0 spiro atoms. The van der Waals surface area contributed by atoms with Crippen molar-refractivity contribution in [3.8, 4) is 11.4 Å². The van der Waals surface area contributed by atoms with E-state index in [9.17, 15) is 4.39 Å². The average Bonchev–Trinajstić information content (AvgIpc) is 2.75. The number of hydrogen-bond donors (Lipinski definition) is 1. The second kappa shape index (κ2) is 5.16. The molecule has 0 bridgehead atoms. The largest absolute Gasteiger partial charge is 0.355 e. The summed E-state index contributed by atoms with van der Waals surface area (Å²) in [6.07, 6.45) is 0. The van der Waals surface area contributed by atoms with E-state index in [0.717, 1.165) is 30.2 Å². The topological polar surface area (TPSA) is 42.7 Å². The van der Waals surface area contributed by atoms with Crippen LogP contribution in [0.15, 0.2) is 18.2 Å². The van der Waals surface area contributed by atoms with Crippen molar-refractivity contribution in [2.45, 2.75) is 27.3 Å². The molecule has 0 fully saturated rings. The van der Waals surface area contributed by atoms with Crippen LogP contribution in [0.5, 0.6) is 0 Å². The van der Waals surface area contributed by atoms with Gasteiger partial charge in [-0.15, -0.1) is 10.2 Å². The highest BCUT2D eigenvalue weighted by Gasteiger charge is 2.14. The monoisotopic (exact) mass is 248 g/mol. The van der Waals surface area contributed by atoms with Gasteiger partial charge in [-0.1, -0.05) is 6.07 Å². The summed E-state index contributed by atoms with van der Waals surface area (Å²) >= 11 is 0. The molecule has 1 aromatic heterocycles. The van der Waals surface area contributed by atoms with Gasteiger partial charge < -0.3 is 5.32 Å². The molecule has 0 aliphatic carbocycles. The quantitative estimate of drug-likeness (QED) is 0.904. The lowest BCUT2D eigenvalue weighted by atomic mass is 10.1. The molecular weight excluding hydrogens is 231 g/mol. The second-order valence-corrected chi connectivity index (χ2v) is 4.08. The van der Waals surface area contributed by atoms with E-state index in [1.807, 2.05) is 25.3 Å². The van der Waals surface area contributed by atoms with Gasteiger partial charge in [-0.2, -0.15) is 0 Å². The Morgan fingerprint density at radius 2 is 2.06 bits per heavy atom. The number of nitrogens with zero attached hydrogens (tertiary/aromatic N) is 3. The summed E-state index contributed by atoms with van der Waals surface area (Å²) in [5.74, 6) is 1.16. The van der Waals surface area contributed by atoms with Crippen LogP contribution >= 0.6 is 0 Å². The molecule has 0 saturated heterocycles. The predicted molar refractivity (Wildman–Crippen MR) is 70.0 cm³/mol. The van der Waals surface area contributed by atoms with Crippen molar-refractivity contribution in [3.05, 3.63) is 29.6 Å². The first-order chi connectivity index (χ1) is 8.67. The van der Waals surface area contributed by atoms with Crippen LogP contribution in [0.4, 0.5) is 10.3 Å². The van der Waals surface area contributed by atoms with E-state index in [1.165, 1.54) is 12.1 Å². The Labute approximate surface area is 106 Å². The maximum Gasteiger partial charge on any atom is 0.224 e. The van der Waals surface area contributed by atoms with Crippen molar-refractivity contribution in [3.63, 3.8) is 0 Å². The van der Waals surface area contributed by atoms with Crippen LogP contribution < -0.4 is 5.32 Å². The van der Waals surface area contributed by atoms with Gasteiger partial charge in [0.25, 0.3) is 0 Å². The lowest BCUT2D eigenvalue weighted by Gasteiger charge is -2.09. The third kappa shape index (κ3) is 2.20. The van der Waals surface area contributed by atoms with Gasteiger partial charge in [0, 0.05) is 18.7 Å². The van der Waals surface area contributed by atoms with Gasteiger partial charge in [-0.3, -0.25) is 4.57 Å². The van der Waals surface area contributed by atoms with E-state index in [0.29, 0.717) is 5.82 Å². The molecule has 0 saturated carbocycles. The highest BCUT2D eigenvalue weighted by molar-refractivity contribution is 5.61.